The molecule has 4 nitrogen and oxygen atoms in total. The molecule has 1 spiro atoms. The van der Waals surface area contributed by atoms with E-state index in [0.29, 0.717) is 6.54 Å². The van der Waals surface area contributed by atoms with Crippen LogP contribution in [-0.4, -0.2) is 51.8 Å². The Morgan fingerprint density at radius 2 is 2.20 bits per heavy atom. The van der Waals surface area contributed by atoms with Crippen LogP contribution in [0, 0.1) is 0 Å². The SMILES string of the molecule is NCC(=O)N1CC2(C[C@H]1C=O)SCCS2. The van der Waals surface area contributed by atoms with Crippen molar-refractivity contribution < 1.29 is 9.59 Å². The summed E-state index contributed by atoms with van der Waals surface area (Å²) in [6, 6.07) is -0.265. The van der Waals surface area contributed by atoms with E-state index in [0.717, 1.165) is 24.2 Å². The van der Waals surface area contributed by atoms with E-state index in [-0.39, 0.29) is 22.6 Å². The van der Waals surface area contributed by atoms with E-state index >= 15 is 0 Å². The third kappa shape index (κ3) is 2.03. The van der Waals surface area contributed by atoms with Gasteiger partial charge in [-0.25, -0.2) is 0 Å². The summed E-state index contributed by atoms with van der Waals surface area (Å²) in [5.74, 6) is 2.11. The van der Waals surface area contributed by atoms with Crippen molar-refractivity contribution in [1.82, 2.24) is 4.90 Å². The zero-order chi connectivity index (χ0) is 10.9. The van der Waals surface area contributed by atoms with Gasteiger partial charge in [0.2, 0.25) is 5.91 Å². The van der Waals surface area contributed by atoms with Crippen molar-refractivity contribution in [3.63, 3.8) is 0 Å². The van der Waals surface area contributed by atoms with E-state index in [1.54, 1.807) is 4.90 Å². The van der Waals surface area contributed by atoms with E-state index in [1.807, 2.05) is 23.5 Å². The summed E-state index contributed by atoms with van der Waals surface area (Å²) >= 11 is 3.74. The number of nitrogens with zero attached hydrogens (tertiary/aromatic N) is 1. The fourth-order valence-electron chi connectivity index (χ4n) is 2.09. The van der Waals surface area contributed by atoms with Gasteiger partial charge in [-0.05, 0) is 0 Å². The van der Waals surface area contributed by atoms with E-state index in [2.05, 4.69) is 0 Å². The molecule has 1 amide bonds. The lowest BCUT2D eigenvalue weighted by atomic mass is 10.2. The molecule has 2 saturated heterocycles. The molecule has 0 unspecified atom stereocenters. The number of likely N-dealkylation sites (tertiary alicyclic amines) is 1. The van der Waals surface area contributed by atoms with Crippen LogP contribution in [0.25, 0.3) is 0 Å². The van der Waals surface area contributed by atoms with Gasteiger partial charge in [-0.2, -0.15) is 0 Å². The highest BCUT2D eigenvalue weighted by molar-refractivity contribution is 8.21. The molecule has 0 aromatic carbocycles. The van der Waals surface area contributed by atoms with Crippen LogP contribution in [0.4, 0.5) is 0 Å². The van der Waals surface area contributed by atoms with Crippen molar-refractivity contribution in [2.45, 2.75) is 16.5 Å². The molecular weight excluding hydrogens is 232 g/mol. The minimum absolute atomic E-state index is 0.00421. The predicted molar refractivity (Wildman–Crippen MR) is 62.9 cm³/mol. The number of nitrogens with two attached hydrogens (primary N) is 1. The standard InChI is InChI=1S/C9H14N2O2S2/c10-4-8(13)11-6-9(3-7(11)5-12)14-1-2-15-9/h5,7H,1-4,6,10H2/t7-/m0/s1. The summed E-state index contributed by atoms with van der Waals surface area (Å²) in [6.07, 6.45) is 1.65. The van der Waals surface area contributed by atoms with Crippen LogP contribution in [0.2, 0.25) is 0 Å². The maximum Gasteiger partial charge on any atom is 0.236 e. The first kappa shape index (κ1) is 11.3. The van der Waals surface area contributed by atoms with Crippen molar-refractivity contribution in [2.75, 3.05) is 24.6 Å². The molecule has 2 aliphatic heterocycles. The lowest BCUT2D eigenvalue weighted by Gasteiger charge is -2.22. The molecule has 2 aliphatic rings. The average Bonchev–Trinajstić information content (AvgIpc) is 2.85. The molecule has 2 rings (SSSR count). The molecular formula is C9H14N2O2S2. The molecule has 2 N–H and O–H groups in total. The molecule has 1 atom stereocenters. The molecule has 6 heteroatoms. The molecule has 0 aromatic rings. The van der Waals surface area contributed by atoms with Crippen LogP contribution in [0.15, 0.2) is 0 Å². The molecule has 84 valence electrons. The fourth-order valence-corrected chi connectivity index (χ4v) is 5.37. The van der Waals surface area contributed by atoms with E-state index in [9.17, 15) is 9.59 Å². The Hall–Kier alpha value is -0.200. The summed E-state index contributed by atoms with van der Waals surface area (Å²) in [6.45, 7) is 0.664. The zero-order valence-corrected chi connectivity index (χ0v) is 9.98. The minimum Gasteiger partial charge on any atom is -0.330 e. The Morgan fingerprint density at radius 1 is 1.53 bits per heavy atom. The average molecular weight is 246 g/mol. The van der Waals surface area contributed by atoms with Gasteiger partial charge in [-0.1, -0.05) is 0 Å². The fraction of sp³-hybridized carbons (Fsp3) is 0.778. The number of rotatable bonds is 2. The van der Waals surface area contributed by atoms with Crippen LogP contribution in [-0.2, 0) is 9.59 Å². The minimum atomic E-state index is -0.265. The second-order valence-corrected chi connectivity index (χ2v) is 6.96. The van der Waals surface area contributed by atoms with Crippen LogP contribution in [0.1, 0.15) is 6.42 Å². The van der Waals surface area contributed by atoms with Crippen LogP contribution < -0.4 is 5.73 Å². The van der Waals surface area contributed by atoms with Crippen LogP contribution in [0.3, 0.4) is 0 Å². The third-order valence-corrected chi connectivity index (χ3v) is 6.22. The molecule has 2 heterocycles. The van der Waals surface area contributed by atoms with Crippen molar-refractivity contribution in [2.24, 2.45) is 5.73 Å². The first-order valence-corrected chi connectivity index (χ1v) is 6.91. The van der Waals surface area contributed by atoms with Crippen molar-refractivity contribution >= 4 is 35.7 Å². The first-order chi connectivity index (χ1) is 7.21. The van der Waals surface area contributed by atoms with Crippen LogP contribution in [0.5, 0.6) is 0 Å². The molecule has 0 aliphatic carbocycles. The van der Waals surface area contributed by atoms with Gasteiger partial charge >= 0.3 is 0 Å². The van der Waals surface area contributed by atoms with E-state index < -0.39 is 0 Å². The Bertz CT molecular complexity index is 279. The lowest BCUT2D eigenvalue weighted by molar-refractivity contribution is -0.133. The molecule has 2 fully saturated rings. The van der Waals surface area contributed by atoms with Gasteiger partial charge in [0.05, 0.1) is 16.7 Å². The Labute approximate surface area is 97.3 Å². The summed E-state index contributed by atoms with van der Waals surface area (Å²) in [4.78, 5) is 24.1. The van der Waals surface area contributed by atoms with E-state index in [1.165, 1.54) is 0 Å². The van der Waals surface area contributed by atoms with Gasteiger partial charge in [-0.3, -0.25) is 4.79 Å². The summed E-state index contributed by atoms with van der Waals surface area (Å²) < 4.78 is 0.0659. The summed E-state index contributed by atoms with van der Waals surface area (Å²) in [5.41, 5.74) is 5.34. The first-order valence-electron chi connectivity index (χ1n) is 4.93. The Morgan fingerprint density at radius 3 is 2.73 bits per heavy atom. The maximum absolute atomic E-state index is 11.5. The topological polar surface area (TPSA) is 63.4 Å². The number of carbonyl (C=O) groups is 2. The Balaban J connectivity index is 2.12. The molecule has 0 bridgehead atoms. The number of thioether (sulfide) groups is 2. The highest BCUT2D eigenvalue weighted by atomic mass is 32.2. The third-order valence-electron chi connectivity index (χ3n) is 2.80. The van der Waals surface area contributed by atoms with Crippen LogP contribution >= 0.6 is 23.5 Å². The van der Waals surface area contributed by atoms with Gasteiger partial charge in [0, 0.05) is 24.5 Å². The molecule has 15 heavy (non-hydrogen) atoms. The predicted octanol–water partition coefficient (Wildman–Crippen LogP) is -0.0788. The van der Waals surface area contributed by atoms with E-state index in [4.69, 9.17) is 5.73 Å². The van der Waals surface area contributed by atoms with Gasteiger partial charge in [0.25, 0.3) is 0 Å². The highest BCUT2D eigenvalue weighted by Gasteiger charge is 2.48. The number of aldehydes is 1. The van der Waals surface area contributed by atoms with Gasteiger partial charge in [-0.15, -0.1) is 23.5 Å². The molecule has 0 radical (unpaired) electrons. The van der Waals surface area contributed by atoms with Gasteiger partial charge < -0.3 is 15.4 Å². The van der Waals surface area contributed by atoms with Gasteiger partial charge in [0.1, 0.15) is 6.29 Å². The highest BCUT2D eigenvalue weighted by Crippen LogP contribution is 2.51. The maximum atomic E-state index is 11.5. The largest absolute Gasteiger partial charge is 0.330 e. The molecule has 0 aromatic heterocycles. The van der Waals surface area contributed by atoms with Gasteiger partial charge in [0.15, 0.2) is 0 Å². The van der Waals surface area contributed by atoms with Crippen molar-refractivity contribution in [3.05, 3.63) is 0 Å². The lowest BCUT2D eigenvalue weighted by Crippen LogP contribution is -2.41. The smallest absolute Gasteiger partial charge is 0.236 e. The normalized spacial score (nSPS) is 28.6. The number of carbonyl (C=O) groups excluding carboxylic acids is 2. The summed E-state index contributed by atoms with van der Waals surface area (Å²) in [7, 11) is 0. The zero-order valence-electron chi connectivity index (χ0n) is 8.35. The summed E-state index contributed by atoms with van der Waals surface area (Å²) in [5, 5.41) is 0. The quantitative estimate of drug-likeness (QED) is 0.691. The number of hydrogen-bond donors (Lipinski definition) is 1. The second kappa shape index (κ2) is 4.35. The Kier molecular flexibility index (Phi) is 3.27. The van der Waals surface area contributed by atoms with Crippen molar-refractivity contribution in [3.8, 4) is 0 Å². The van der Waals surface area contributed by atoms with Crippen molar-refractivity contribution in [1.29, 1.82) is 0 Å². The second-order valence-electron chi connectivity index (χ2n) is 3.74. The number of hydrogen-bond acceptors (Lipinski definition) is 5. The monoisotopic (exact) mass is 246 g/mol. The molecule has 0 saturated carbocycles. The number of amides is 1.